The lowest BCUT2D eigenvalue weighted by atomic mass is 10.1. The van der Waals surface area contributed by atoms with Gasteiger partial charge in [-0.1, -0.05) is 29.3 Å². The molecule has 0 unspecified atom stereocenters. The monoisotopic (exact) mass is 365 g/mol. The maximum absolute atomic E-state index is 12.1. The molecule has 6 heteroatoms. The molecule has 0 atom stereocenters. The number of aromatic nitrogens is 1. The minimum atomic E-state index is -0.597. The Hall–Kier alpha value is -2.04. The summed E-state index contributed by atoms with van der Waals surface area (Å²) in [7, 11) is 1.88. The van der Waals surface area contributed by atoms with Crippen LogP contribution in [0.2, 0.25) is 10.0 Å². The van der Waals surface area contributed by atoms with E-state index in [9.17, 15) is 9.59 Å². The second-order valence-corrected chi connectivity index (χ2v) is 6.20. The second kappa shape index (κ2) is 7.69. The number of nitrogens with zero attached hydrogens (tertiary/aromatic N) is 1. The Morgan fingerprint density at radius 1 is 1.17 bits per heavy atom. The van der Waals surface area contributed by atoms with Crippen molar-refractivity contribution in [2.75, 3.05) is 6.61 Å². The molecule has 0 spiro atoms. The Morgan fingerprint density at radius 2 is 1.88 bits per heavy atom. The molecule has 0 aliphatic carbocycles. The van der Waals surface area contributed by atoms with Crippen molar-refractivity contribution in [2.24, 2.45) is 7.05 Å². The smallest absolute Gasteiger partial charge is 0.331 e. The average Bonchev–Trinajstić information content (AvgIpc) is 2.81. The number of ketones is 1. The molecule has 2 rings (SSSR count). The van der Waals surface area contributed by atoms with Gasteiger partial charge in [0, 0.05) is 30.1 Å². The maximum atomic E-state index is 12.1. The molecule has 0 saturated carbocycles. The molecule has 0 saturated heterocycles. The second-order valence-electron chi connectivity index (χ2n) is 5.38. The first-order chi connectivity index (χ1) is 11.3. The summed E-state index contributed by atoms with van der Waals surface area (Å²) in [5, 5.41) is 0.841. The number of aryl methyl sites for hydroxylation is 1. The maximum Gasteiger partial charge on any atom is 0.331 e. The largest absolute Gasteiger partial charge is 0.454 e. The van der Waals surface area contributed by atoms with Gasteiger partial charge < -0.3 is 9.30 Å². The molecular weight excluding hydrogens is 349 g/mol. The van der Waals surface area contributed by atoms with E-state index in [0.717, 1.165) is 11.4 Å². The molecule has 0 aliphatic heterocycles. The van der Waals surface area contributed by atoms with Crippen LogP contribution in [-0.2, 0) is 16.6 Å². The Kier molecular flexibility index (Phi) is 5.86. The summed E-state index contributed by atoms with van der Waals surface area (Å²) in [6.07, 6.45) is 2.79. The van der Waals surface area contributed by atoms with E-state index in [2.05, 4.69) is 0 Å². The fourth-order valence-corrected chi connectivity index (χ4v) is 2.49. The first-order valence-electron chi connectivity index (χ1n) is 7.25. The molecule has 0 radical (unpaired) electrons. The molecular formula is C18H17Cl2NO3. The molecule has 0 N–H and O–H groups in total. The highest BCUT2D eigenvalue weighted by molar-refractivity contribution is 6.42. The van der Waals surface area contributed by atoms with Crippen molar-refractivity contribution >= 4 is 41.0 Å². The summed E-state index contributed by atoms with van der Waals surface area (Å²) in [6, 6.07) is 6.78. The predicted molar refractivity (Wildman–Crippen MR) is 95.7 cm³/mol. The molecule has 0 fully saturated rings. The van der Waals surface area contributed by atoms with Gasteiger partial charge in [0.25, 0.3) is 0 Å². The highest BCUT2D eigenvalue weighted by atomic mass is 35.5. The first kappa shape index (κ1) is 18.3. The van der Waals surface area contributed by atoms with Crippen molar-refractivity contribution in [3.63, 3.8) is 0 Å². The Bertz CT molecular complexity index is 822. The number of ether oxygens (including phenoxy) is 1. The zero-order valence-electron chi connectivity index (χ0n) is 13.6. The molecule has 0 bridgehead atoms. The SMILES string of the molecule is Cc1cc(C(=O)COC(=O)C=Cc2ccc(Cl)c(Cl)c2)c(C)n1C. The molecule has 1 aromatic heterocycles. The van der Waals surface area contributed by atoms with E-state index in [0.29, 0.717) is 21.2 Å². The summed E-state index contributed by atoms with van der Waals surface area (Å²) >= 11 is 11.7. The van der Waals surface area contributed by atoms with Gasteiger partial charge in [-0.15, -0.1) is 0 Å². The number of Topliss-reactive ketones (excluding diaryl/α,β-unsaturated/α-hetero) is 1. The topological polar surface area (TPSA) is 48.3 Å². The number of hydrogen-bond acceptors (Lipinski definition) is 3. The summed E-state index contributed by atoms with van der Waals surface area (Å²) in [6.45, 7) is 3.47. The Balaban J connectivity index is 1.95. The summed E-state index contributed by atoms with van der Waals surface area (Å²) < 4.78 is 6.91. The third-order valence-corrected chi connectivity index (χ3v) is 4.52. The lowest BCUT2D eigenvalue weighted by molar-refractivity contribution is -0.136. The van der Waals surface area contributed by atoms with E-state index < -0.39 is 5.97 Å². The Morgan fingerprint density at radius 3 is 2.46 bits per heavy atom. The van der Waals surface area contributed by atoms with Gasteiger partial charge in [0.2, 0.25) is 5.78 Å². The molecule has 4 nitrogen and oxygen atoms in total. The number of carbonyl (C=O) groups is 2. The summed E-state index contributed by atoms with van der Waals surface area (Å²) in [5.41, 5.74) is 3.10. The van der Waals surface area contributed by atoms with Crippen LogP contribution in [0.25, 0.3) is 6.08 Å². The van der Waals surface area contributed by atoms with Crippen LogP contribution in [0.1, 0.15) is 27.3 Å². The molecule has 1 heterocycles. The van der Waals surface area contributed by atoms with Crippen LogP contribution >= 0.6 is 23.2 Å². The van der Waals surface area contributed by atoms with Crippen molar-refractivity contribution in [3.05, 3.63) is 62.9 Å². The van der Waals surface area contributed by atoms with E-state index in [1.165, 1.54) is 6.08 Å². The van der Waals surface area contributed by atoms with Crippen molar-refractivity contribution in [3.8, 4) is 0 Å². The zero-order chi connectivity index (χ0) is 17.9. The first-order valence-corrected chi connectivity index (χ1v) is 8.01. The zero-order valence-corrected chi connectivity index (χ0v) is 15.1. The van der Waals surface area contributed by atoms with E-state index in [1.54, 1.807) is 30.3 Å². The quantitative estimate of drug-likeness (QED) is 0.448. The third-order valence-electron chi connectivity index (χ3n) is 3.78. The van der Waals surface area contributed by atoms with Crippen molar-refractivity contribution < 1.29 is 14.3 Å². The van der Waals surface area contributed by atoms with Gasteiger partial charge in [0.1, 0.15) is 0 Å². The molecule has 1 aromatic carbocycles. The van der Waals surface area contributed by atoms with Crippen molar-refractivity contribution in [1.29, 1.82) is 0 Å². The van der Waals surface area contributed by atoms with Crippen molar-refractivity contribution in [2.45, 2.75) is 13.8 Å². The standard InChI is InChI=1S/C18H17Cl2NO3/c1-11-8-14(12(2)21(11)3)17(22)10-24-18(23)7-5-13-4-6-15(19)16(20)9-13/h4-9H,10H2,1-3H3. The lowest BCUT2D eigenvalue weighted by Gasteiger charge is -2.03. The normalized spacial score (nSPS) is 11.0. The van der Waals surface area contributed by atoms with E-state index >= 15 is 0 Å². The highest BCUT2D eigenvalue weighted by Crippen LogP contribution is 2.23. The molecule has 24 heavy (non-hydrogen) atoms. The van der Waals surface area contributed by atoms with Crippen LogP contribution in [0.4, 0.5) is 0 Å². The number of rotatable bonds is 5. The molecule has 0 amide bonds. The number of halogens is 2. The summed E-state index contributed by atoms with van der Waals surface area (Å²) in [4.78, 5) is 23.9. The van der Waals surface area contributed by atoms with E-state index in [4.69, 9.17) is 27.9 Å². The van der Waals surface area contributed by atoms with Gasteiger partial charge in [0.05, 0.1) is 10.0 Å². The number of esters is 1. The average molecular weight is 366 g/mol. The van der Waals surface area contributed by atoms with Crippen LogP contribution in [0.5, 0.6) is 0 Å². The summed E-state index contributed by atoms with van der Waals surface area (Å²) in [5.74, 6) is -0.827. The lowest BCUT2D eigenvalue weighted by Crippen LogP contribution is -2.13. The highest BCUT2D eigenvalue weighted by Gasteiger charge is 2.15. The molecule has 126 valence electrons. The number of hydrogen-bond donors (Lipinski definition) is 0. The fourth-order valence-electron chi connectivity index (χ4n) is 2.18. The van der Waals surface area contributed by atoms with Gasteiger partial charge in [-0.2, -0.15) is 0 Å². The number of benzene rings is 1. The minimum Gasteiger partial charge on any atom is -0.454 e. The van der Waals surface area contributed by atoms with E-state index in [-0.39, 0.29) is 12.4 Å². The van der Waals surface area contributed by atoms with Crippen LogP contribution in [0, 0.1) is 13.8 Å². The van der Waals surface area contributed by atoms with Gasteiger partial charge in [-0.3, -0.25) is 4.79 Å². The van der Waals surface area contributed by atoms with E-state index in [1.807, 2.05) is 25.5 Å². The van der Waals surface area contributed by atoms with Gasteiger partial charge in [-0.25, -0.2) is 4.79 Å². The van der Waals surface area contributed by atoms with Crippen LogP contribution in [-0.4, -0.2) is 22.9 Å². The molecule has 0 aliphatic rings. The van der Waals surface area contributed by atoms with Crippen LogP contribution < -0.4 is 0 Å². The number of carbonyl (C=O) groups excluding carboxylic acids is 2. The van der Waals surface area contributed by atoms with Crippen LogP contribution in [0.3, 0.4) is 0 Å². The minimum absolute atomic E-state index is 0.229. The molecule has 2 aromatic rings. The van der Waals surface area contributed by atoms with Crippen LogP contribution in [0.15, 0.2) is 30.3 Å². The van der Waals surface area contributed by atoms with Gasteiger partial charge in [0.15, 0.2) is 6.61 Å². The van der Waals surface area contributed by atoms with Gasteiger partial charge >= 0.3 is 5.97 Å². The third kappa shape index (κ3) is 4.28. The fraction of sp³-hybridized carbons (Fsp3) is 0.222. The Labute approximate surface area is 150 Å². The van der Waals surface area contributed by atoms with Crippen molar-refractivity contribution in [1.82, 2.24) is 4.57 Å². The van der Waals surface area contributed by atoms with Gasteiger partial charge in [-0.05, 0) is 43.7 Å². The predicted octanol–water partition coefficient (Wildman–Crippen LogP) is 4.39.